The summed E-state index contributed by atoms with van der Waals surface area (Å²) in [4.78, 5) is 26.1. The molecule has 3 fully saturated rings. The molecule has 2 aliphatic carbocycles. The SMILES string of the molecule is COC(=O)C1CC2(C1)C1CCCC2CN(C(=O)OC(C)(C)C)C1. The van der Waals surface area contributed by atoms with Crippen molar-refractivity contribution in [3.8, 4) is 0 Å². The summed E-state index contributed by atoms with van der Waals surface area (Å²) < 4.78 is 10.5. The second-order valence-corrected chi connectivity index (χ2v) is 8.57. The molecule has 3 aliphatic rings. The summed E-state index contributed by atoms with van der Waals surface area (Å²) in [6.45, 7) is 7.27. The Balaban J connectivity index is 1.68. The number of hydrogen-bond acceptors (Lipinski definition) is 4. The zero-order chi connectivity index (χ0) is 16.8. The highest BCUT2D eigenvalue weighted by Crippen LogP contribution is 2.62. The fourth-order valence-corrected chi connectivity index (χ4v) is 5.00. The third-order valence-electron chi connectivity index (χ3n) is 6.05. The van der Waals surface area contributed by atoms with E-state index in [2.05, 4.69) is 0 Å². The molecule has 2 bridgehead atoms. The Morgan fingerprint density at radius 1 is 1.09 bits per heavy atom. The van der Waals surface area contributed by atoms with Crippen molar-refractivity contribution in [2.45, 2.75) is 58.5 Å². The van der Waals surface area contributed by atoms with E-state index in [0.717, 1.165) is 38.8 Å². The molecule has 1 amide bonds. The average molecular weight is 323 g/mol. The van der Waals surface area contributed by atoms with Gasteiger partial charge in [0, 0.05) is 13.1 Å². The van der Waals surface area contributed by atoms with Crippen LogP contribution in [0.1, 0.15) is 52.9 Å². The minimum Gasteiger partial charge on any atom is -0.469 e. The third kappa shape index (κ3) is 2.94. The highest BCUT2D eigenvalue weighted by atomic mass is 16.6. The van der Waals surface area contributed by atoms with E-state index >= 15 is 0 Å². The van der Waals surface area contributed by atoms with Crippen LogP contribution in [0.25, 0.3) is 0 Å². The topological polar surface area (TPSA) is 55.8 Å². The number of piperidine rings is 1. The van der Waals surface area contributed by atoms with Gasteiger partial charge in [-0.25, -0.2) is 4.79 Å². The van der Waals surface area contributed by atoms with Gasteiger partial charge in [0.15, 0.2) is 0 Å². The van der Waals surface area contributed by atoms with Gasteiger partial charge < -0.3 is 14.4 Å². The molecule has 5 nitrogen and oxygen atoms in total. The quantitative estimate of drug-likeness (QED) is 0.695. The van der Waals surface area contributed by atoms with E-state index in [4.69, 9.17) is 9.47 Å². The molecule has 0 N–H and O–H groups in total. The van der Waals surface area contributed by atoms with Gasteiger partial charge in [0.05, 0.1) is 13.0 Å². The summed E-state index contributed by atoms with van der Waals surface area (Å²) in [5.74, 6) is 1.01. The lowest BCUT2D eigenvalue weighted by atomic mass is 9.45. The van der Waals surface area contributed by atoms with E-state index in [0.29, 0.717) is 11.8 Å². The van der Waals surface area contributed by atoms with Crippen LogP contribution in [0.15, 0.2) is 0 Å². The monoisotopic (exact) mass is 323 g/mol. The van der Waals surface area contributed by atoms with Crippen LogP contribution in [0.2, 0.25) is 0 Å². The largest absolute Gasteiger partial charge is 0.469 e. The number of ether oxygens (including phenoxy) is 2. The second kappa shape index (κ2) is 5.67. The van der Waals surface area contributed by atoms with Crippen LogP contribution in [0.5, 0.6) is 0 Å². The molecule has 0 aromatic rings. The van der Waals surface area contributed by atoms with Crippen molar-refractivity contribution < 1.29 is 19.1 Å². The van der Waals surface area contributed by atoms with Crippen molar-refractivity contribution in [1.82, 2.24) is 4.90 Å². The smallest absolute Gasteiger partial charge is 0.410 e. The number of carbonyl (C=O) groups is 2. The van der Waals surface area contributed by atoms with Crippen LogP contribution in [0.4, 0.5) is 4.79 Å². The Bertz CT molecular complexity index is 474. The van der Waals surface area contributed by atoms with Gasteiger partial charge in [-0.1, -0.05) is 6.42 Å². The molecule has 2 atom stereocenters. The van der Waals surface area contributed by atoms with Crippen molar-refractivity contribution in [3.05, 3.63) is 0 Å². The number of carbonyl (C=O) groups excluding carboxylic acids is 2. The summed E-state index contributed by atoms with van der Waals surface area (Å²) in [5.41, 5.74) is -0.191. The van der Waals surface area contributed by atoms with E-state index in [1.165, 1.54) is 13.5 Å². The van der Waals surface area contributed by atoms with Crippen LogP contribution in [-0.2, 0) is 14.3 Å². The Hall–Kier alpha value is -1.26. The van der Waals surface area contributed by atoms with Gasteiger partial charge in [-0.2, -0.15) is 0 Å². The summed E-state index contributed by atoms with van der Waals surface area (Å²) in [5, 5.41) is 0. The molecule has 2 unspecified atom stereocenters. The highest BCUT2D eigenvalue weighted by Gasteiger charge is 2.60. The maximum atomic E-state index is 12.4. The van der Waals surface area contributed by atoms with Crippen molar-refractivity contribution in [2.24, 2.45) is 23.2 Å². The molecule has 1 aliphatic heterocycles. The highest BCUT2D eigenvalue weighted by molar-refractivity contribution is 5.74. The van der Waals surface area contributed by atoms with Crippen molar-refractivity contribution in [2.75, 3.05) is 20.2 Å². The van der Waals surface area contributed by atoms with Crippen LogP contribution >= 0.6 is 0 Å². The first kappa shape index (κ1) is 16.6. The lowest BCUT2D eigenvalue weighted by Crippen LogP contribution is -2.62. The number of hydrogen-bond donors (Lipinski definition) is 0. The minimum absolute atomic E-state index is 0.0659. The second-order valence-electron chi connectivity index (χ2n) is 8.57. The third-order valence-corrected chi connectivity index (χ3v) is 6.05. The van der Waals surface area contributed by atoms with E-state index in [9.17, 15) is 9.59 Å². The predicted octanol–water partition coefficient (Wildman–Crippen LogP) is 3.22. The van der Waals surface area contributed by atoms with E-state index in [1.54, 1.807) is 0 Å². The van der Waals surface area contributed by atoms with Gasteiger partial charge in [0.2, 0.25) is 0 Å². The van der Waals surface area contributed by atoms with E-state index in [1.807, 2.05) is 25.7 Å². The number of esters is 1. The van der Waals surface area contributed by atoms with E-state index < -0.39 is 5.60 Å². The number of methoxy groups -OCH3 is 1. The summed E-state index contributed by atoms with van der Waals surface area (Å²) in [7, 11) is 1.47. The van der Waals surface area contributed by atoms with Gasteiger partial charge in [-0.05, 0) is 63.7 Å². The fourth-order valence-electron chi connectivity index (χ4n) is 5.00. The molecule has 5 heteroatoms. The van der Waals surface area contributed by atoms with Crippen LogP contribution < -0.4 is 0 Å². The van der Waals surface area contributed by atoms with Gasteiger partial charge in [-0.3, -0.25) is 4.79 Å². The Kier molecular flexibility index (Phi) is 4.09. The predicted molar refractivity (Wildman–Crippen MR) is 85.8 cm³/mol. The molecule has 0 aromatic heterocycles. The Morgan fingerprint density at radius 3 is 2.13 bits per heavy atom. The molecule has 1 heterocycles. The maximum Gasteiger partial charge on any atom is 0.410 e. The van der Waals surface area contributed by atoms with Crippen LogP contribution in [0.3, 0.4) is 0 Å². The van der Waals surface area contributed by atoms with Crippen LogP contribution in [0, 0.1) is 23.2 Å². The molecule has 1 saturated heterocycles. The zero-order valence-corrected chi connectivity index (χ0v) is 14.8. The molecule has 130 valence electrons. The van der Waals surface area contributed by atoms with Gasteiger partial charge in [-0.15, -0.1) is 0 Å². The fraction of sp³-hybridized carbons (Fsp3) is 0.889. The minimum atomic E-state index is -0.451. The summed E-state index contributed by atoms with van der Waals surface area (Å²) in [6.07, 6.45) is 5.25. The molecule has 0 radical (unpaired) electrons. The number of likely N-dealkylation sites (tertiary alicyclic amines) is 1. The molecule has 2 saturated carbocycles. The standard InChI is InChI=1S/C18H29NO4/c1-17(2,3)23-16(21)19-10-13-6-5-7-14(11-19)18(13)8-12(9-18)15(20)22-4/h12-14H,5-11H2,1-4H3. The van der Waals surface area contributed by atoms with E-state index in [-0.39, 0.29) is 23.4 Å². The van der Waals surface area contributed by atoms with Crippen molar-refractivity contribution >= 4 is 12.1 Å². The average Bonchev–Trinajstić information content (AvgIpc) is 2.40. The lowest BCUT2D eigenvalue weighted by molar-refractivity contribution is -0.174. The Morgan fingerprint density at radius 2 is 1.65 bits per heavy atom. The molecule has 0 aromatic carbocycles. The molecule has 1 spiro atoms. The molecule has 23 heavy (non-hydrogen) atoms. The first-order valence-electron chi connectivity index (χ1n) is 8.81. The molecular formula is C18H29NO4. The first-order valence-corrected chi connectivity index (χ1v) is 8.81. The first-order chi connectivity index (χ1) is 10.7. The number of rotatable bonds is 1. The molecule has 3 rings (SSSR count). The maximum absolute atomic E-state index is 12.4. The van der Waals surface area contributed by atoms with Crippen molar-refractivity contribution in [3.63, 3.8) is 0 Å². The lowest BCUT2D eigenvalue weighted by Gasteiger charge is -2.62. The summed E-state index contributed by atoms with van der Waals surface area (Å²) in [6, 6.07) is 0. The summed E-state index contributed by atoms with van der Waals surface area (Å²) >= 11 is 0. The van der Waals surface area contributed by atoms with Gasteiger partial charge >= 0.3 is 12.1 Å². The Labute approximate surface area is 138 Å². The zero-order valence-electron chi connectivity index (χ0n) is 14.8. The normalized spacial score (nSPS) is 36.3. The van der Waals surface area contributed by atoms with Gasteiger partial charge in [0.1, 0.15) is 5.60 Å². The van der Waals surface area contributed by atoms with Crippen molar-refractivity contribution in [1.29, 1.82) is 0 Å². The van der Waals surface area contributed by atoms with Gasteiger partial charge in [0.25, 0.3) is 0 Å². The number of amides is 1. The van der Waals surface area contributed by atoms with Crippen LogP contribution in [-0.4, -0.2) is 42.8 Å². The molecular weight excluding hydrogens is 294 g/mol. The number of nitrogens with zero attached hydrogens (tertiary/aromatic N) is 1.